The zero-order chi connectivity index (χ0) is 15.7. The monoisotopic (exact) mass is 337 g/mol. The van der Waals surface area contributed by atoms with Crippen LogP contribution in [-0.4, -0.2) is 21.5 Å². The number of nitrogens with zero attached hydrogens (tertiary/aromatic N) is 2. The number of aryl methyl sites for hydroxylation is 1. The summed E-state index contributed by atoms with van der Waals surface area (Å²) in [5.74, 6) is 0. The molecular formula is C16H17Cl2N3O. The molecule has 0 bridgehead atoms. The molecule has 4 nitrogen and oxygen atoms in total. The molecule has 0 unspecified atom stereocenters. The Labute approximate surface area is 139 Å². The predicted octanol–water partition coefficient (Wildman–Crippen LogP) is 4.53. The minimum atomic E-state index is -0.145. The number of urea groups is 1. The van der Waals surface area contributed by atoms with Crippen LogP contribution < -0.4 is 5.32 Å². The number of amides is 2. The van der Waals surface area contributed by atoms with Gasteiger partial charge in [-0.15, -0.1) is 0 Å². The highest BCUT2D eigenvalue weighted by Gasteiger charge is 2.33. The van der Waals surface area contributed by atoms with Crippen LogP contribution in [0.2, 0.25) is 10.0 Å². The molecular weight excluding hydrogens is 321 g/mol. The molecule has 6 heteroatoms. The van der Waals surface area contributed by atoms with Crippen molar-refractivity contribution in [2.45, 2.75) is 25.4 Å². The Morgan fingerprint density at radius 2 is 2.09 bits per heavy atom. The summed E-state index contributed by atoms with van der Waals surface area (Å²) in [5.41, 5.74) is 1.64. The Morgan fingerprint density at radius 1 is 1.32 bits per heavy atom. The van der Waals surface area contributed by atoms with Crippen LogP contribution in [-0.2, 0) is 13.6 Å². The third-order valence-electron chi connectivity index (χ3n) is 3.83. The summed E-state index contributed by atoms with van der Waals surface area (Å²) in [5, 5.41) is 3.66. The second-order valence-corrected chi connectivity index (χ2v) is 6.29. The molecule has 22 heavy (non-hydrogen) atoms. The first kappa shape index (κ1) is 15.3. The van der Waals surface area contributed by atoms with Crippen LogP contribution in [0.4, 0.5) is 10.5 Å². The van der Waals surface area contributed by atoms with E-state index in [1.54, 1.807) is 18.2 Å². The number of aromatic nitrogens is 1. The zero-order valence-corrected chi connectivity index (χ0v) is 13.7. The molecule has 116 valence electrons. The van der Waals surface area contributed by atoms with Gasteiger partial charge >= 0.3 is 6.03 Å². The second-order valence-electron chi connectivity index (χ2n) is 5.50. The molecule has 1 aliphatic carbocycles. The Balaban J connectivity index is 1.76. The normalized spacial score (nSPS) is 14.0. The van der Waals surface area contributed by atoms with E-state index >= 15 is 0 Å². The fourth-order valence-electron chi connectivity index (χ4n) is 2.38. The summed E-state index contributed by atoms with van der Waals surface area (Å²) >= 11 is 12.1. The van der Waals surface area contributed by atoms with Gasteiger partial charge in [0.15, 0.2) is 0 Å². The van der Waals surface area contributed by atoms with E-state index in [1.807, 2.05) is 34.8 Å². The first-order valence-corrected chi connectivity index (χ1v) is 7.93. The van der Waals surface area contributed by atoms with Gasteiger partial charge in [0.05, 0.1) is 22.3 Å². The number of hydrogen-bond acceptors (Lipinski definition) is 1. The molecule has 0 aliphatic heterocycles. The minimum absolute atomic E-state index is 0.145. The van der Waals surface area contributed by atoms with E-state index < -0.39 is 0 Å². The second kappa shape index (κ2) is 6.23. The van der Waals surface area contributed by atoms with Crippen molar-refractivity contribution in [2.75, 3.05) is 5.32 Å². The van der Waals surface area contributed by atoms with Gasteiger partial charge in [-0.3, -0.25) is 0 Å². The summed E-state index contributed by atoms with van der Waals surface area (Å²) in [6.07, 6.45) is 4.06. The molecule has 1 aromatic carbocycles. The average molecular weight is 338 g/mol. The molecule has 3 rings (SSSR count). The van der Waals surface area contributed by atoms with Gasteiger partial charge < -0.3 is 14.8 Å². The molecule has 0 atom stereocenters. The maximum Gasteiger partial charge on any atom is 0.322 e. The van der Waals surface area contributed by atoms with Crippen LogP contribution in [0.1, 0.15) is 18.5 Å². The highest BCUT2D eigenvalue weighted by atomic mass is 35.5. The lowest BCUT2D eigenvalue weighted by Gasteiger charge is -2.23. The lowest BCUT2D eigenvalue weighted by molar-refractivity contribution is 0.205. The van der Waals surface area contributed by atoms with Gasteiger partial charge in [-0.05, 0) is 37.1 Å². The number of carbonyl (C=O) groups is 1. The lowest BCUT2D eigenvalue weighted by atomic mass is 10.3. The number of carbonyl (C=O) groups excluding carboxylic acids is 1. The number of halogens is 2. The SMILES string of the molecule is Cn1cccc1CN(C(=O)Nc1cccc(Cl)c1Cl)C1CC1. The number of nitrogens with one attached hydrogen (secondary N) is 1. The quantitative estimate of drug-likeness (QED) is 0.874. The van der Waals surface area contributed by atoms with Crippen molar-refractivity contribution in [1.82, 2.24) is 9.47 Å². The third-order valence-corrected chi connectivity index (χ3v) is 4.64. The summed E-state index contributed by atoms with van der Waals surface area (Å²) in [4.78, 5) is 14.5. The van der Waals surface area contributed by atoms with E-state index in [-0.39, 0.29) is 6.03 Å². The number of hydrogen-bond donors (Lipinski definition) is 1. The number of benzene rings is 1. The van der Waals surface area contributed by atoms with Gasteiger partial charge in [-0.1, -0.05) is 29.3 Å². The number of rotatable bonds is 4. The summed E-state index contributed by atoms with van der Waals surface area (Å²) in [7, 11) is 1.98. The third kappa shape index (κ3) is 3.23. The Hall–Kier alpha value is -1.65. The molecule has 1 fully saturated rings. The van der Waals surface area contributed by atoms with Crippen molar-refractivity contribution < 1.29 is 4.79 Å². The maximum absolute atomic E-state index is 12.6. The van der Waals surface area contributed by atoms with Gasteiger partial charge in [-0.25, -0.2) is 4.79 Å². The Bertz CT molecular complexity index is 694. The van der Waals surface area contributed by atoms with E-state index in [4.69, 9.17) is 23.2 Å². The van der Waals surface area contributed by atoms with Crippen LogP contribution in [0.5, 0.6) is 0 Å². The highest BCUT2D eigenvalue weighted by Crippen LogP contribution is 2.32. The topological polar surface area (TPSA) is 37.3 Å². The van der Waals surface area contributed by atoms with Crippen LogP contribution in [0.25, 0.3) is 0 Å². The van der Waals surface area contributed by atoms with Crippen LogP contribution in [0, 0.1) is 0 Å². The fourth-order valence-corrected chi connectivity index (χ4v) is 2.72. The van der Waals surface area contributed by atoms with Crippen molar-refractivity contribution in [2.24, 2.45) is 7.05 Å². The fraction of sp³-hybridized carbons (Fsp3) is 0.312. The van der Waals surface area contributed by atoms with Gasteiger partial charge in [0.2, 0.25) is 0 Å². The van der Waals surface area contributed by atoms with Crippen LogP contribution in [0.15, 0.2) is 36.5 Å². The zero-order valence-electron chi connectivity index (χ0n) is 12.2. The van der Waals surface area contributed by atoms with E-state index in [9.17, 15) is 4.79 Å². The van der Waals surface area contributed by atoms with Gasteiger partial charge in [0.25, 0.3) is 0 Å². The minimum Gasteiger partial charge on any atom is -0.353 e. The van der Waals surface area contributed by atoms with Crippen LogP contribution >= 0.6 is 23.2 Å². The van der Waals surface area contributed by atoms with E-state index in [1.165, 1.54) is 0 Å². The van der Waals surface area contributed by atoms with Crippen molar-refractivity contribution in [3.8, 4) is 0 Å². The molecule has 1 heterocycles. The molecule has 0 saturated heterocycles. The molecule has 1 aliphatic rings. The first-order chi connectivity index (χ1) is 10.6. The lowest BCUT2D eigenvalue weighted by Crippen LogP contribution is -2.36. The molecule has 0 radical (unpaired) electrons. The number of anilines is 1. The smallest absolute Gasteiger partial charge is 0.322 e. The van der Waals surface area contributed by atoms with Crippen LogP contribution in [0.3, 0.4) is 0 Å². The van der Waals surface area contributed by atoms with Gasteiger partial charge in [0, 0.05) is 25.0 Å². The Kier molecular flexibility index (Phi) is 4.32. The molecule has 1 saturated carbocycles. The average Bonchev–Trinajstić information content (AvgIpc) is 3.25. The van der Waals surface area contributed by atoms with E-state index in [0.717, 1.165) is 18.5 Å². The first-order valence-electron chi connectivity index (χ1n) is 7.18. The predicted molar refractivity (Wildman–Crippen MR) is 89.5 cm³/mol. The molecule has 1 aromatic heterocycles. The molecule has 2 aromatic rings. The Morgan fingerprint density at radius 3 is 2.73 bits per heavy atom. The summed E-state index contributed by atoms with van der Waals surface area (Å²) in [6.45, 7) is 0.582. The highest BCUT2D eigenvalue weighted by molar-refractivity contribution is 6.43. The van der Waals surface area contributed by atoms with Crippen molar-refractivity contribution in [1.29, 1.82) is 0 Å². The van der Waals surface area contributed by atoms with E-state index in [2.05, 4.69) is 5.32 Å². The van der Waals surface area contributed by atoms with Crippen molar-refractivity contribution in [3.63, 3.8) is 0 Å². The van der Waals surface area contributed by atoms with Gasteiger partial charge in [0.1, 0.15) is 0 Å². The maximum atomic E-state index is 12.6. The standard InChI is InChI=1S/C16H17Cl2N3O/c1-20-9-3-4-12(20)10-21(11-7-8-11)16(22)19-14-6-2-5-13(17)15(14)18/h2-6,9,11H,7-8,10H2,1H3,(H,19,22). The molecule has 2 amide bonds. The molecule has 0 spiro atoms. The summed E-state index contributed by atoms with van der Waals surface area (Å²) in [6, 6.07) is 9.37. The van der Waals surface area contributed by atoms with E-state index in [0.29, 0.717) is 28.3 Å². The molecule has 1 N–H and O–H groups in total. The largest absolute Gasteiger partial charge is 0.353 e. The van der Waals surface area contributed by atoms with Crippen molar-refractivity contribution >= 4 is 34.9 Å². The van der Waals surface area contributed by atoms with Gasteiger partial charge in [-0.2, -0.15) is 0 Å². The van der Waals surface area contributed by atoms with Crippen molar-refractivity contribution in [3.05, 3.63) is 52.3 Å². The summed E-state index contributed by atoms with van der Waals surface area (Å²) < 4.78 is 2.02.